The number of nitrogens with two attached hydrogens (primary N) is 1. The molecule has 9 heteroatoms. The van der Waals surface area contributed by atoms with Crippen LogP contribution in [-0.4, -0.2) is 58.0 Å². The second-order valence-electron chi connectivity index (χ2n) is 7.96. The van der Waals surface area contributed by atoms with E-state index in [1.165, 1.54) is 5.56 Å². The molecule has 5 N–H and O–H groups in total. The van der Waals surface area contributed by atoms with Gasteiger partial charge >= 0.3 is 0 Å². The molecule has 0 saturated carbocycles. The van der Waals surface area contributed by atoms with Crippen LogP contribution in [0.15, 0.2) is 35.0 Å². The van der Waals surface area contributed by atoms with Gasteiger partial charge in [0, 0.05) is 55.9 Å². The Bertz CT molecular complexity index is 1060. The molecule has 0 aromatic carbocycles. The van der Waals surface area contributed by atoms with Crippen LogP contribution in [0.4, 0.5) is 17.3 Å². The molecule has 0 bridgehead atoms. The first kappa shape index (κ1) is 21.9. The van der Waals surface area contributed by atoms with Gasteiger partial charge < -0.3 is 26.4 Å². The summed E-state index contributed by atoms with van der Waals surface area (Å²) in [5.74, 6) is 1.28. The number of carbonyl (C=O) groups is 1. The minimum absolute atomic E-state index is 0.0800. The minimum Gasteiger partial charge on any atom is -0.395 e. The van der Waals surface area contributed by atoms with Crippen LogP contribution < -0.4 is 16.4 Å². The van der Waals surface area contributed by atoms with E-state index in [0.717, 1.165) is 42.9 Å². The number of hydrogen-bond acceptors (Lipinski definition) is 8. The first-order valence-electron chi connectivity index (χ1n) is 11.0. The number of nitrogens with zero attached hydrogens (tertiary/aromatic N) is 4. The van der Waals surface area contributed by atoms with Gasteiger partial charge in [-0.25, -0.2) is 9.98 Å². The molecular formula is C23H29N7O2. The van der Waals surface area contributed by atoms with E-state index < -0.39 is 0 Å². The lowest BCUT2D eigenvalue weighted by molar-refractivity contribution is -0.127. The van der Waals surface area contributed by atoms with Crippen LogP contribution >= 0.6 is 0 Å². The van der Waals surface area contributed by atoms with E-state index >= 15 is 0 Å². The third-order valence-electron chi connectivity index (χ3n) is 5.47. The molecule has 168 valence electrons. The van der Waals surface area contributed by atoms with Gasteiger partial charge in [-0.3, -0.25) is 9.78 Å². The van der Waals surface area contributed by atoms with Crippen molar-refractivity contribution in [2.75, 3.05) is 31.6 Å². The van der Waals surface area contributed by atoms with Crippen molar-refractivity contribution in [2.24, 2.45) is 10.7 Å². The first-order chi connectivity index (χ1) is 15.6. The monoisotopic (exact) mass is 435 g/mol. The third kappa shape index (κ3) is 4.95. The molecule has 32 heavy (non-hydrogen) atoms. The fourth-order valence-electron chi connectivity index (χ4n) is 3.95. The number of aliphatic hydroxyl groups excluding tert-OH is 1. The summed E-state index contributed by atoms with van der Waals surface area (Å²) in [5, 5.41) is 16.0. The molecule has 4 rings (SSSR count). The summed E-state index contributed by atoms with van der Waals surface area (Å²) in [6.45, 7) is 4.54. The lowest BCUT2D eigenvalue weighted by atomic mass is 10.1. The molecule has 2 aliphatic heterocycles. The highest BCUT2D eigenvalue weighted by molar-refractivity contribution is 6.05. The minimum atomic E-state index is -0.136. The number of nitrogens with one attached hydrogen (secondary N) is 2. The van der Waals surface area contributed by atoms with E-state index in [1.54, 1.807) is 11.0 Å². The number of hydrogen-bond donors (Lipinski definition) is 4. The van der Waals surface area contributed by atoms with Crippen molar-refractivity contribution >= 4 is 35.1 Å². The molecule has 0 fully saturated rings. The Hall–Kier alpha value is -3.30. The van der Waals surface area contributed by atoms with Crippen LogP contribution in [0.1, 0.15) is 36.6 Å². The molecular weight excluding hydrogens is 406 g/mol. The lowest BCUT2D eigenvalue weighted by Gasteiger charge is -2.22. The van der Waals surface area contributed by atoms with Crippen molar-refractivity contribution < 1.29 is 9.90 Å². The number of aliphatic hydroxyl groups is 1. The van der Waals surface area contributed by atoms with Crippen LogP contribution in [0.3, 0.4) is 0 Å². The number of pyridine rings is 2. The summed E-state index contributed by atoms with van der Waals surface area (Å²) >= 11 is 0. The second-order valence-corrected chi connectivity index (χ2v) is 7.96. The first-order valence-corrected chi connectivity index (χ1v) is 11.0. The Kier molecular flexibility index (Phi) is 6.77. The molecule has 0 saturated heterocycles. The highest BCUT2D eigenvalue weighted by atomic mass is 16.3. The molecule has 0 atom stereocenters. The number of aromatic nitrogens is 2. The van der Waals surface area contributed by atoms with E-state index in [-0.39, 0.29) is 18.9 Å². The van der Waals surface area contributed by atoms with Crippen LogP contribution in [0.2, 0.25) is 0 Å². The molecule has 0 unspecified atom stereocenters. The Labute approximate surface area is 187 Å². The zero-order valence-electron chi connectivity index (χ0n) is 18.3. The molecule has 9 nitrogen and oxygen atoms in total. The zero-order chi connectivity index (χ0) is 22.5. The number of carbonyl (C=O) groups excluding carboxylic acids is 1. The predicted molar refractivity (Wildman–Crippen MR) is 125 cm³/mol. The fourth-order valence-corrected chi connectivity index (χ4v) is 3.95. The number of aliphatic imine (C=N–C) groups is 1. The summed E-state index contributed by atoms with van der Waals surface area (Å²) in [4.78, 5) is 28.3. The number of amidine groups is 1. The van der Waals surface area contributed by atoms with Crippen molar-refractivity contribution in [1.29, 1.82) is 0 Å². The summed E-state index contributed by atoms with van der Waals surface area (Å²) in [7, 11) is 0. The van der Waals surface area contributed by atoms with Gasteiger partial charge in [-0.15, -0.1) is 0 Å². The highest BCUT2D eigenvalue weighted by Crippen LogP contribution is 2.28. The topological polar surface area (TPSA) is 129 Å². The molecule has 2 aliphatic rings. The maximum absolute atomic E-state index is 13.0. The van der Waals surface area contributed by atoms with Crippen LogP contribution in [0.25, 0.3) is 6.08 Å². The van der Waals surface area contributed by atoms with Crippen molar-refractivity contribution in [3.05, 3.63) is 46.8 Å². The van der Waals surface area contributed by atoms with E-state index in [2.05, 4.69) is 31.7 Å². The maximum atomic E-state index is 13.0. The Morgan fingerprint density at radius 1 is 1.34 bits per heavy atom. The Morgan fingerprint density at radius 2 is 2.22 bits per heavy atom. The number of amides is 1. The predicted octanol–water partition coefficient (Wildman–Crippen LogP) is 1.87. The standard InChI is InChI=1S/C23H29N7O2/c1-2-7-30(8-9-31)23(32)16-10-15-3-4-21(29-22(15)28-20(24)12-16)27-18-11-17-13-25-6-5-19(17)26-14-18/h3-4,10-11,14,25,31H,2,5-9,12-13H2,1H3,(H3,24,27,28,29). The largest absolute Gasteiger partial charge is 0.395 e. The van der Waals surface area contributed by atoms with Crippen LogP contribution in [0, 0.1) is 0 Å². The molecule has 0 radical (unpaired) electrons. The third-order valence-corrected chi connectivity index (χ3v) is 5.47. The van der Waals surface area contributed by atoms with E-state index in [0.29, 0.717) is 36.1 Å². The summed E-state index contributed by atoms with van der Waals surface area (Å²) in [6.07, 6.45) is 5.59. The Balaban J connectivity index is 1.58. The van der Waals surface area contributed by atoms with Crippen LogP contribution in [0.5, 0.6) is 0 Å². The fraction of sp³-hybridized carbons (Fsp3) is 0.391. The highest BCUT2D eigenvalue weighted by Gasteiger charge is 2.21. The smallest absolute Gasteiger partial charge is 0.250 e. The average molecular weight is 436 g/mol. The second kappa shape index (κ2) is 9.88. The van der Waals surface area contributed by atoms with E-state index in [1.807, 2.05) is 25.3 Å². The van der Waals surface area contributed by atoms with E-state index in [4.69, 9.17) is 5.73 Å². The van der Waals surface area contributed by atoms with Gasteiger partial charge in [0.05, 0.1) is 18.5 Å². The summed E-state index contributed by atoms with van der Waals surface area (Å²) < 4.78 is 0. The Morgan fingerprint density at radius 3 is 3.03 bits per heavy atom. The van der Waals surface area contributed by atoms with E-state index in [9.17, 15) is 9.90 Å². The van der Waals surface area contributed by atoms with Gasteiger partial charge in [0.15, 0.2) is 5.82 Å². The maximum Gasteiger partial charge on any atom is 0.250 e. The van der Waals surface area contributed by atoms with Gasteiger partial charge in [-0.1, -0.05) is 6.92 Å². The summed E-state index contributed by atoms with van der Waals surface area (Å²) in [5.41, 5.74) is 10.6. The molecule has 0 aliphatic carbocycles. The van der Waals surface area contributed by atoms with Crippen molar-refractivity contribution in [1.82, 2.24) is 20.2 Å². The molecule has 4 heterocycles. The number of fused-ring (bicyclic) bond motifs is 2. The van der Waals surface area contributed by atoms with Gasteiger partial charge in [-0.2, -0.15) is 0 Å². The van der Waals surface area contributed by atoms with Crippen LogP contribution in [-0.2, 0) is 17.8 Å². The van der Waals surface area contributed by atoms with Crippen molar-refractivity contribution in [2.45, 2.75) is 32.7 Å². The molecule has 0 spiro atoms. The van der Waals surface area contributed by atoms with Crippen molar-refractivity contribution in [3.8, 4) is 0 Å². The molecule has 2 aromatic heterocycles. The lowest BCUT2D eigenvalue weighted by Crippen LogP contribution is -2.36. The van der Waals surface area contributed by atoms with Gasteiger partial charge in [-0.05, 0) is 36.3 Å². The molecule has 1 amide bonds. The normalized spacial score (nSPS) is 15.1. The van der Waals surface area contributed by atoms with Crippen molar-refractivity contribution in [3.63, 3.8) is 0 Å². The quantitative estimate of drug-likeness (QED) is 0.522. The summed E-state index contributed by atoms with van der Waals surface area (Å²) in [6, 6.07) is 5.81. The average Bonchev–Trinajstić information content (AvgIpc) is 2.96. The SMILES string of the molecule is CCCN(CCO)C(=O)C1=Cc2ccc(Nc3cnc4c(c3)CNCC4)nc2N=C(N)C1. The van der Waals surface area contributed by atoms with Gasteiger partial charge in [0.25, 0.3) is 0 Å². The number of rotatable bonds is 7. The zero-order valence-corrected chi connectivity index (χ0v) is 18.3. The number of anilines is 2. The van der Waals surface area contributed by atoms with Gasteiger partial charge in [0.1, 0.15) is 11.7 Å². The van der Waals surface area contributed by atoms with Gasteiger partial charge in [0.2, 0.25) is 5.91 Å². The molecule has 2 aromatic rings.